The van der Waals surface area contributed by atoms with Gasteiger partial charge in [0.1, 0.15) is 6.10 Å². The third-order valence-corrected chi connectivity index (χ3v) is 2.71. The van der Waals surface area contributed by atoms with Crippen LogP contribution in [0.5, 0.6) is 0 Å². The zero-order valence-electron chi connectivity index (χ0n) is 9.98. The minimum Gasteiger partial charge on any atom is -0.385 e. The van der Waals surface area contributed by atoms with Gasteiger partial charge in [-0.15, -0.1) is 0 Å². The van der Waals surface area contributed by atoms with Gasteiger partial charge >= 0.3 is 0 Å². The molecule has 1 rings (SSSR count). The monoisotopic (exact) mass is 230 g/mol. The Balaban J connectivity index is 2.32. The van der Waals surface area contributed by atoms with Crippen LogP contribution in [0.15, 0.2) is 0 Å². The lowest BCUT2D eigenvalue weighted by atomic mass is 10.1. The predicted molar refractivity (Wildman–Crippen MR) is 61.1 cm³/mol. The summed E-state index contributed by atoms with van der Waals surface area (Å²) < 4.78 is 10.4. The van der Waals surface area contributed by atoms with E-state index in [9.17, 15) is 4.79 Å². The molecule has 1 atom stereocenters. The van der Waals surface area contributed by atoms with E-state index in [-0.39, 0.29) is 12.0 Å². The van der Waals surface area contributed by atoms with E-state index in [1.165, 1.54) is 0 Å². The van der Waals surface area contributed by atoms with Crippen molar-refractivity contribution in [1.82, 2.24) is 4.90 Å². The Hall–Kier alpha value is -0.650. The summed E-state index contributed by atoms with van der Waals surface area (Å²) in [5, 5.41) is 0. The van der Waals surface area contributed by atoms with E-state index in [2.05, 4.69) is 0 Å². The second-order valence-electron chi connectivity index (χ2n) is 3.96. The van der Waals surface area contributed by atoms with Crippen LogP contribution in [0.4, 0.5) is 0 Å². The van der Waals surface area contributed by atoms with Gasteiger partial charge in [-0.2, -0.15) is 0 Å². The number of nitrogens with zero attached hydrogens (tertiary/aromatic N) is 1. The van der Waals surface area contributed by atoms with Crippen molar-refractivity contribution in [2.24, 2.45) is 5.73 Å². The van der Waals surface area contributed by atoms with Crippen LogP contribution in [0.3, 0.4) is 0 Å². The van der Waals surface area contributed by atoms with E-state index in [1.54, 1.807) is 7.11 Å². The lowest BCUT2D eigenvalue weighted by Crippen LogP contribution is -2.48. The minimum absolute atomic E-state index is 0.107. The molecule has 0 spiro atoms. The Morgan fingerprint density at radius 2 is 2.38 bits per heavy atom. The quantitative estimate of drug-likeness (QED) is 0.625. The Morgan fingerprint density at radius 3 is 3.06 bits per heavy atom. The van der Waals surface area contributed by atoms with E-state index in [4.69, 9.17) is 15.2 Å². The van der Waals surface area contributed by atoms with Gasteiger partial charge in [-0.3, -0.25) is 4.79 Å². The normalized spacial score (nSPS) is 21.5. The van der Waals surface area contributed by atoms with Crippen LogP contribution < -0.4 is 5.73 Å². The zero-order valence-corrected chi connectivity index (χ0v) is 9.98. The van der Waals surface area contributed by atoms with Crippen molar-refractivity contribution in [3.8, 4) is 0 Å². The summed E-state index contributed by atoms with van der Waals surface area (Å²) in [6, 6.07) is 0. The van der Waals surface area contributed by atoms with Crippen molar-refractivity contribution < 1.29 is 14.3 Å². The van der Waals surface area contributed by atoms with E-state index < -0.39 is 0 Å². The van der Waals surface area contributed by atoms with E-state index in [0.717, 1.165) is 25.8 Å². The average Bonchev–Trinajstić information content (AvgIpc) is 2.30. The van der Waals surface area contributed by atoms with Crippen molar-refractivity contribution in [1.29, 1.82) is 0 Å². The van der Waals surface area contributed by atoms with Crippen molar-refractivity contribution >= 4 is 5.91 Å². The molecular weight excluding hydrogens is 208 g/mol. The number of morpholine rings is 1. The summed E-state index contributed by atoms with van der Waals surface area (Å²) in [6.07, 6.45) is 2.17. The number of carbonyl (C=O) groups is 1. The predicted octanol–water partition coefficient (Wildman–Crippen LogP) is -0.0108. The zero-order chi connectivity index (χ0) is 11.8. The Labute approximate surface area is 96.9 Å². The number of carbonyl (C=O) groups excluding carboxylic acids is 1. The van der Waals surface area contributed by atoms with Crippen molar-refractivity contribution in [3.63, 3.8) is 0 Å². The van der Waals surface area contributed by atoms with Crippen molar-refractivity contribution in [2.75, 3.05) is 40.0 Å². The van der Waals surface area contributed by atoms with E-state index in [1.807, 2.05) is 4.90 Å². The van der Waals surface area contributed by atoms with Crippen LogP contribution in [0.2, 0.25) is 0 Å². The van der Waals surface area contributed by atoms with Gasteiger partial charge in [0.25, 0.3) is 5.91 Å². The fourth-order valence-electron chi connectivity index (χ4n) is 1.82. The van der Waals surface area contributed by atoms with Crippen LogP contribution in [0, 0.1) is 0 Å². The number of hydrogen-bond donors (Lipinski definition) is 1. The molecule has 5 heteroatoms. The molecule has 0 aromatic heterocycles. The molecule has 1 aliphatic rings. The highest BCUT2D eigenvalue weighted by Crippen LogP contribution is 2.12. The third kappa shape index (κ3) is 4.08. The first-order valence-corrected chi connectivity index (χ1v) is 5.89. The molecule has 1 aliphatic heterocycles. The maximum atomic E-state index is 11.9. The molecule has 5 nitrogen and oxygen atoms in total. The molecule has 0 aromatic rings. The molecule has 2 N–H and O–H groups in total. The molecule has 0 bridgehead atoms. The van der Waals surface area contributed by atoms with Crippen LogP contribution >= 0.6 is 0 Å². The molecular formula is C11H22N2O3. The van der Waals surface area contributed by atoms with Gasteiger partial charge < -0.3 is 20.1 Å². The third-order valence-electron chi connectivity index (χ3n) is 2.71. The molecule has 1 saturated heterocycles. The van der Waals surface area contributed by atoms with Gasteiger partial charge in [0.2, 0.25) is 0 Å². The van der Waals surface area contributed by atoms with Gasteiger partial charge in [0, 0.05) is 26.8 Å². The van der Waals surface area contributed by atoms with Crippen LogP contribution in [-0.2, 0) is 14.3 Å². The first-order chi connectivity index (χ1) is 7.79. The molecule has 0 radical (unpaired) electrons. The molecule has 1 unspecified atom stereocenters. The topological polar surface area (TPSA) is 64.8 Å². The summed E-state index contributed by atoms with van der Waals surface area (Å²) in [7, 11) is 1.67. The second-order valence-corrected chi connectivity index (χ2v) is 3.96. The average molecular weight is 230 g/mol. The maximum Gasteiger partial charge on any atom is 0.251 e. The smallest absolute Gasteiger partial charge is 0.251 e. The van der Waals surface area contributed by atoms with E-state index >= 15 is 0 Å². The van der Waals surface area contributed by atoms with E-state index in [0.29, 0.717) is 26.3 Å². The molecule has 16 heavy (non-hydrogen) atoms. The molecule has 1 amide bonds. The Kier molecular flexibility index (Phi) is 6.37. The summed E-state index contributed by atoms with van der Waals surface area (Å²) in [5.74, 6) is 0.107. The number of ether oxygens (including phenoxy) is 2. The molecule has 0 aliphatic carbocycles. The number of hydrogen-bond acceptors (Lipinski definition) is 4. The SMILES string of the molecule is COCCCN1CCOC(CCCN)C1=O. The Bertz CT molecular complexity index is 211. The van der Waals surface area contributed by atoms with Crippen LogP contribution in [0.1, 0.15) is 19.3 Å². The summed E-state index contributed by atoms with van der Waals surface area (Å²) in [5.41, 5.74) is 5.43. The number of methoxy groups -OCH3 is 1. The number of amides is 1. The number of nitrogens with two attached hydrogens (primary N) is 1. The summed E-state index contributed by atoms with van der Waals surface area (Å²) >= 11 is 0. The Morgan fingerprint density at radius 1 is 1.56 bits per heavy atom. The maximum absolute atomic E-state index is 11.9. The first-order valence-electron chi connectivity index (χ1n) is 5.89. The molecule has 0 aromatic carbocycles. The number of rotatable bonds is 7. The highest BCUT2D eigenvalue weighted by atomic mass is 16.5. The van der Waals surface area contributed by atoms with Crippen molar-refractivity contribution in [2.45, 2.75) is 25.4 Å². The standard InChI is InChI=1S/C11H22N2O3/c1-15-8-3-6-13-7-9-16-10(11(13)14)4-2-5-12/h10H,2-9,12H2,1H3. The second kappa shape index (κ2) is 7.60. The van der Waals surface area contributed by atoms with Gasteiger partial charge in [-0.25, -0.2) is 0 Å². The van der Waals surface area contributed by atoms with Gasteiger partial charge in [0.05, 0.1) is 6.61 Å². The molecule has 0 saturated carbocycles. The lowest BCUT2D eigenvalue weighted by Gasteiger charge is -2.32. The first kappa shape index (κ1) is 13.4. The summed E-state index contributed by atoms with van der Waals surface area (Å²) in [4.78, 5) is 13.8. The molecule has 1 heterocycles. The summed E-state index contributed by atoms with van der Waals surface area (Å²) in [6.45, 7) is 3.39. The van der Waals surface area contributed by atoms with Gasteiger partial charge in [-0.05, 0) is 25.8 Å². The van der Waals surface area contributed by atoms with Crippen LogP contribution in [-0.4, -0.2) is 56.9 Å². The van der Waals surface area contributed by atoms with Gasteiger partial charge in [0.15, 0.2) is 0 Å². The highest BCUT2D eigenvalue weighted by molar-refractivity contribution is 5.81. The fraction of sp³-hybridized carbons (Fsp3) is 0.909. The van der Waals surface area contributed by atoms with Gasteiger partial charge in [-0.1, -0.05) is 0 Å². The fourth-order valence-corrected chi connectivity index (χ4v) is 1.82. The van der Waals surface area contributed by atoms with Crippen LogP contribution in [0.25, 0.3) is 0 Å². The molecule has 94 valence electrons. The lowest BCUT2D eigenvalue weighted by molar-refractivity contribution is -0.153. The molecule has 1 fully saturated rings. The minimum atomic E-state index is -0.278. The largest absolute Gasteiger partial charge is 0.385 e. The highest BCUT2D eigenvalue weighted by Gasteiger charge is 2.28. The van der Waals surface area contributed by atoms with Crippen molar-refractivity contribution in [3.05, 3.63) is 0 Å².